The van der Waals surface area contributed by atoms with Crippen LogP contribution in [0.5, 0.6) is 0 Å². The molecule has 0 spiro atoms. The number of ether oxygens (including phenoxy) is 2. The summed E-state index contributed by atoms with van der Waals surface area (Å²) in [6, 6.07) is -0.718. The van der Waals surface area contributed by atoms with Gasteiger partial charge in [0.1, 0.15) is 24.4 Å². The van der Waals surface area contributed by atoms with Crippen LogP contribution in [0.1, 0.15) is 470 Å². The van der Waals surface area contributed by atoms with Gasteiger partial charge in [-0.25, -0.2) is 0 Å². The lowest BCUT2D eigenvalue weighted by molar-refractivity contribution is -0.302. The zero-order chi connectivity index (χ0) is 69.2. The summed E-state index contributed by atoms with van der Waals surface area (Å²) in [6.07, 6.45) is 96.1. The zero-order valence-electron chi connectivity index (χ0n) is 64.4. The van der Waals surface area contributed by atoms with E-state index in [1.165, 1.54) is 398 Å². The third-order valence-electron chi connectivity index (χ3n) is 21.3. The van der Waals surface area contributed by atoms with Crippen LogP contribution in [0.25, 0.3) is 0 Å². The van der Waals surface area contributed by atoms with Gasteiger partial charge in [0.05, 0.1) is 25.4 Å². The fourth-order valence-electron chi connectivity index (χ4n) is 14.6. The Morgan fingerprint density at radius 3 is 0.896 bits per heavy atom. The Hall–Kier alpha value is -1.33. The van der Waals surface area contributed by atoms with Crippen molar-refractivity contribution in [3.63, 3.8) is 0 Å². The monoisotopic (exact) mass is 1360 g/mol. The maximum Gasteiger partial charge on any atom is 0.220 e. The molecule has 0 aromatic heterocycles. The van der Waals surface area contributed by atoms with Gasteiger partial charge in [-0.2, -0.15) is 0 Å². The van der Waals surface area contributed by atoms with Crippen molar-refractivity contribution in [3.05, 3.63) is 24.3 Å². The summed E-state index contributed by atoms with van der Waals surface area (Å²) in [5, 5.41) is 55.2. The fourth-order valence-corrected chi connectivity index (χ4v) is 14.6. The summed E-state index contributed by atoms with van der Waals surface area (Å²) in [6.45, 7) is 3.90. The van der Waals surface area contributed by atoms with E-state index in [0.717, 1.165) is 44.9 Å². The molecule has 0 saturated carbocycles. The molecule has 1 rings (SSSR count). The van der Waals surface area contributed by atoms with Crippen molar-refractivity contribution in [2.24, 2.45) is 0 Å². The molecule has 9 heteroatoms. The lowest BCUT2D eigenvalue weighted by Gasteiger charge is -2.40. The number of nitrogens with one attached hydrogen (secondary N) is 1. The minimum atomic E-state index is -1.55. The second-order valence-corrected chi connectivity index (χ2v) is 30.7. The lowest BCUT2D eigenvalue weighted by atomic mass is 9.99. The first-order valence-electron chi connectivity index (χ1n) is 43.5. The summed E-state index contributed by atoms with van der Waals surface area (Å²) in [5.74, 6) is -0.132. The van der Waals surface area contributed by atoms with Gasteiger partial charge in [0.2, 0.25) is 5.91 Å². The standard InChI is InChI=1S/C87H169NO8/c1-3-5-7-9-11-13-15-17-19-21-23-25-27-29-31-33-35-37-38-39-40-41-42-43-44-45-47-49-51-53-55-57-59-61-63-65-67-69-71-73-75-77-83(91)88-80(79-95-87-86(94)85(93)84(92)82(78-89)96-87)81(90)76-74-72-70-68-66-64-62-60-58-56-54-52-50-48-46-36-34-32-30-28-26-24-22-20-18-16-14-12-10-8-6-4-2/h15,17,21,23,80-82,84-87,89-90,92-94H,3-14,16,18-20,22,24-79H2,1-2H3,(H,88,91)/b17-15-,23-21-. The van der Waals surface area contributed by atoms with Crippen LogP contribution >= 0.6 is 0 Å². The molecule has 0 radical (unpaired) electrons. The van der Waals surface area contributed by atoms with Crippen LogP contribution in [-0.2, 0) is 14.3 Å². The second kappa shape index (κ2) is 76.3. The third kappa shape index (κ3) is 63.6. The molecule has 7 unspecified atom stereocenters. The number of unbranched alkanes of at least 4 members (excludes halogenated alkanes) is 65. The van der Waals surface area contributed by atoms with Crippen molar-refractivity contribution in [1.29, 1.82) is 0 Å². The molecule has 1 aliphatic heterocycles. The van der Waals surface area contributed by atoms with Gasteiger partial charge in [-0.1, -0.05) is 443 Å². The number of rotatable bonds is 79. The summed E-state index contributed by atoms with van der Waals surface area (Å²) in [4.78, 5) is 13.2. The first-order valence-corrected chi connectivity index (χ1v) is 43.5. The molecular weight excluding hydrogens is 1190 g/mol. The van der Waals surface area contributed by atoms with Gasteiger partial charge in [0.15, 0.2) is 6.29 Å². The maximum atomic E-state index is 13.2. The Bertz CT molecular complexity index is 1570. The van der Waals surface area contributed by atoms with Crippen LogP contribution in [-0.4, -0.2) is 87.5 Å². The quantitative estimate of drug-likeness (QED) is 0.0261. The lowest BCUT2D eigenvalue weighted by Crippen LogP contribution is -2.60. The molecule has 0 aliphatic carbocycles. The minimum Gasteiger partial charge on any atom is -0.394 e. The number of carbonyl (C=O) groups is 1. The number of aliphatic hydroxyl groups is 5. The second-order valence-electron chi connectivity index (χ2n) is 30.7. The van der Waals surface area contributed by atoms with Crippen LogP contribution in [0.4, 0.5) is 0 Å². The van der Waals surface area contributed by atoms with E-state index in [1.54, 1.807) is 0 Å². The van der Waals surface area contributed by atoms with E-state index in [2.05, 4.69) is 43.5 Å². The Kier molecular flexibility index (Phi) is 73.7. The van der Waals surface area contributed by atoms with Crippen molar-refractivity contribution in [3.8, 4) is 0 Å². The molecule has 96 heavy (non-hydrogen) atoms. The van der Waals surface area contributed by atoms with Crippen LogP contribution in [0.3, 0.4) is 0 Å². The van der Waals surface area contributed by atoms with E-state index in [0.29, 0.717) is 12.8 Å². The molecule has 570 valence electrons. The number of aliphatic hydroxyl groups excluding tert-OH is 5. The number of hydrogen-bond donors (Lipinski definition) is 6. The van der Waals surface area contributed by atoms with Gasteiger partial charge in [0, 0.05) is 6.42 Å². The molecule has 0 bridgehead atoms. The van der Waals surface area contributed by atoms with E-state index >= 15 is 0 Å². The minimum absolute atomic E-state index is 0.131. The van der Waals surface area contributed by atoms with Crippen LogP contribution in [0, 0.1) is 0 Å². The van der Waals surface area contributed by atoms with Gasteiger partial charge >= 0.3 is 0 Å². The molecule has 1 fully saturated rings. The number of hydrogen-bond acceptors (Lipinski definition) is 8. The van der Waals surface area contributed by atoms with Crippen molar-refractivity contribution in [1.82, 2.24) is 5.32 Å². The van der Waals surface area contributed by atoms with Crippen molar-refractivity contribution in [2.75, 3.05) is 13.2 Å². The van der Waals surface area contributed by atoms with E-state index < -0.39 is 49.5 Å². The highest BCUT2D eigenvalue weighted by molar-refractivity contribution is 5.76. The highest BCUT2D eigenvalue weighted by atomic mass is 16.7. The molecule has 1 aliphatic rings. The van der Waals surface area contributed by atoms with E-state index in [-0.39, 0.29) is 12.5 Å². The van der Waals surface area contributed by atoms with Crippen LogP contribution in [0.2, 0.25) is 0 Å². The Balaban J connectivity index is 2.00. The van der Waals surface area contributed by atoms with Gasteiger partial charge in [-0.05, 0) is 44.9 Å². The first-order chi connectivity index (χ1) is 47.3. The highest BCUT2D eigenvalue weighted by Gasteiger charge is 2.44. The largest absolute Gasteiger partial charge is 0.394 e. The van der Waals surface area contributed by atoms with E-state index in [1.807, 2.05) is 0 Å². The van der Waals surface area contributed by atoms with E-state index in [4.69, 9.17) is 9.47 Å². The average molecular weight is 1360 g/mol. The van der Waals surface area contributed by atoms with Gasteiger partial charge in [-0.3, -0.25) is 4.79 Å². The number of carbonyl (C=O) groups excluding carboxylic acids is 1. The van der Waals surface area contributed by atoms with Crippen molar-refractivity contribution in [2.45, 2.75) is 513 Å². The van der Waals surface area contributed by atoms with Crippen LogP contribution < -0.4 is 5.32 Å². The van der Waals surface area contributed by atoms with Gasteiger partial charge in [0.25, 0.3) is 0 Å². The summed E-state index contributed by atoms with van der Waals surface area (Å²) >= 11 is 0. The molecule has 1 saturated heterocycles. The fraction of sp³-hybridized carbons (Fsp3) is 0.943. The Morgan fingerprint density at radius 1 is 0.354 bits per heavy atom. The third-order valence-corrected chi connectivity index (χ3v) is 21.3. The molecule has 6 N–H and O–H groups in total. The highest BCUT2D eigenvalue weighted by Crippen LogP contribution is 2.25. The molecule has 0 aromatic rings. The van der Waals surface area contributed by atoms with Crippen molar-refractivity contribution < 1.29 is 39.8 Å². The molecule has 1 heterocycles. The SMILES string of the molecule is CCCCCCC/C=C\C/C=C\CCCCCCCCCCCCCCCCCCCCCCCCCCCCCCCC(=O)NC(COC1OC(CO)C(O)C(O)C1O)C(O)CCCCCCCCCCCCCCCCCCCCCCCCCCCCCCCCCC. The molecule has 0 aromatic carbocycles. The Morgan fingerprint density at radius 2 is 0.615 bits per heavy atom. The smallest absolute Gasteiger partial charge is 0.220 e. The van der Waals surface area contributed by atoms with Crippen LogP contribution in [0.15, 0.2) is 24.3 Å². The summed E-state index contributed by atoms with van der Waals surface area (Å²) in [7, 11) is 0. The Labute approximate surface area is 598 Å². The molecule has 7 atom stereocenters. The number of allylic oxidation sites excluding steroid dienone is 4. The first kappa shape index (κ1) is 92.7. The van der Waals surface area contributed by atoms with E-state index in [9.17, 15) is 30.3 Å². The predicted molar refractivity (Wildman–Crippen MR) is 415 cm³/mol. The molecule has 9 nitrogen and oxygen atoms in total. The van der Waals surface area contributed by atoms with Crippen molar-refractivity contribution >= 4 is 5.91 Å². The summed E-state index contributed by atoms with van der Waals surface area (Å²) < 4.78 is 11.4. The molecule has 1 amide bonds. The topological polar surface area (TPSA) is 149 Å². The molecular formula is C87H169NO8. The zero-order valence-corrected chi connectivity index (χ0v) is 64.4. The number of amides is 1. The maximum absolute atomic E-state index is 13.2. The summed E-state index contributed by atoms with van der Waals surface area (Å²) in [5.41, 5.74) is 0. The normalized spacial score (nSPS) is 17.4. The van der Waals surface area contributed by atoms with Gasteiger partial charge < -0.3 is 40.3 Å². The predicted octanol–water partition coefficient (Wildman–Crippen LogP) is 25.5. The van der Waals surface area contributed by atoms with Gasteiger partial charge in [-0.15, -0.1) is 0 Å². The average Bonchev–Trinajstić information content (AvgIpc) is 0.840.